The third-order valence-corrected chi connectivity index (χ3v) is 12.5. The summed E-state index contributed by atoms with van der Waals surface area (Å²) in [6.45, 7) is 13.0. The Labute approximate surface area is 318 Å². The Morgan fingerprint density at radius 3 is 2.56 bits per heavy atom. The van der Waals surface area contributed by atoms with Crippen molar-refractivity contribution in [3.8, 4) is 5.75 Å². The van der Waals surface area contributed by atoms with E-state index in [2.05, 4.69) is 57.6 Å². The van der Waals surface area contributed by atoms with Crippen LogP contribution in [0.3, 0.4) is 0 Å². The van der Waals surface area contributed by atoms with Crippen molar-refractivity contribution in [2.24, 2.45) is 17.8 Å². The van der Waals surface area contributed by atoms with Gasteiger partial charge >= 0.3 is 0 Å². The molecule has 1 aliphatic carbocycles. The fraction of sp³-hybridized carbons (Fsp3) is 0.561. The van der Waals surface area contributed by atoms with Gasteiger partial charge in [0.05, 0.1) is 29.3 Å². The van der Waals surface area contributed by atoms with Crippen molar-refractivity contribution in [2.75, 3.05) is 45.8 Å². The van der Waals surface area contributed by atoms with Gasteiger partial charge in [-0.25, -0.2) is 9.19 Å². The smallest absolute Gasteiger partial charge is 0.263 e. The number of amides is 1. The number of halogens is 1. The molecule has 0 saturated heterocycles. The SMILES string of the molecule is CCCc1cc(Cl)ccc1C1COc2ccc3cc2N(C1)CC1CCC1C(OC)/C=C/CC(C)C(C)S(=O)NC3=O.Cc1nc(CN(C)C)c(C)o1. The Morgan fingerprint density at radius 2 is 1.90 bits per heavy atom. The molecule has 2 aromatic carbocycles. The summed E-state index contributed by atoms with van der Waals surface area (Å²) in [5, 5.41) is 0.569. The van der Waals surface area contributed by atoms with E-state index in [1.807, 2.05) is 53.1 Å². The van der Waals surface area contributed by atoms with Gasteiger partial charge in [0.25, 0.3) is 5.91 Å². The Kier molecular flexibility index (Phi) is 14.0. The van der Waals surface area contributed by atoms with Crippen LogP contribution in [0.2, 0.25) is 5.02 Å². The fourth-order valence-corrected chi connectivity index (χ4v) is 8.69. The molecule has 0 spiro atoms. The number of hydrogen-bond acceptors (Lipinski definition) is 8. The zero-order chi connectivity index (χ0) is 37.5. The van der Waals surface area contributed by atoms with Crippen LogP contribution in [-0.4, -0.2) is 72.3 Å². The van der Waals surface area contributed by atoms with E-state index < -0.39 is 11.0 Å². The highest BCUT2D eigenvalue weighted by Gasteiger charge is 2.39. The van der Waals surface area contributed by atoms with Crippen LogP contribution in [0.25, 0.3) is 0 Å². The quantitative estimate of drug-likeness (QED) is 0.253. The summed E-state index contributed by atoms with van der Waals surface area (Å²) in [5.41, 5.74) is 4.99. The second-order valence-corrected chi connectivity index (χ2v) is 16.9. The van der Waals surface area contributed by atoms with E-state index >= 15 is 0 Å². The number of fused-ring (bicyclic) bond motifs is 2. The molecule has 1 saturated carbocycles. The number of methoxy groups -OCH3 is 1. The highest BCUT2D eigenvalue weighted by molar-refractivity contribution is 7.84. The number of benzene rings is 2. The number of ether oxygens (including phenoxy) is 2. The first kappa shape index (κ1) is 40.0. The minimum atomic E-state index is -1.50. The molecule has 1 N–H and O–H groups in total. The van der Waals surface area contributed by atoms with Crippen molar-refractivity contribution in [3.05, 3.63) is 87.6 Å². The summed E-state index contributed by atoms with van der Waals surface area (Å²) in [4.78, 5) is 22.0. The van der Waals surface area contributed by atoms with E-state index in [4.69, 9.17) is 25.5 Å². The van der Waals surface area contributed by atoms with Crippen LogP contribution in [0, 0.1) is 31.6 Å². The monoisotopic (exact) mass is 752 g/mol. The lowest BCUT2D eigenvalue weighted by molar-refractivity contribution is 0.0134. The second-order valence-electron chi connectivity index (χ2n) is 14.9. The first-order valence-corrected chi connectivity index (χ1v) is 20.3. The van der Waals surface area contributed by atoms with E-state index in [1.54, 1.807) is 13.2 Å². The van der Waals surface area contributed by atoms with Gasteiger partial charge in [0.15, 0.2) is 5.89 Å². The topological polar surface area (TPSA) is 97.1 Å². The lowest BCUT2D eigenvalue weighted by Gasteiger charge is -2.43. The van der Waals surface area contributed by atoms with Crippen molar-refractivity contribution >= 4 is 34.2 Å². The Hall–Kier alpha value is -3.18. The van der Waals surface area contributed by atoms with Gasteiger partial charge in [-0.05, 0) is 113 Å². The maximum absolute atomic E-state index is 13.3. The largest absolute Gasteiger partial charge is 0.491 e. The predicted molar refractivity (Wildman–Crippen MR) is 211 cm³/mol. The molecule has 1 amide bonds. The number of nitrogens with zero attached hydrogens (tertiary/aromatic N) is 3. The number of nitrogens with one attached hydrogen (secondary N) is 1. The molecule has 6 rings (SSSR count). The lowest BCUT2D eigenvalue weighted by Crippen LogP contribution is -2.44. The van der Waals surface area contributed by atoms with Crippen LogP contribution in [-0.2, 0) is 28.7 Å². The minimum absolute atomic E-state index is 0.0478. The zero-order valence-corrected chi connectivity index (χ0v) is 33.7. The molecule has 1 aromatic heterocycles. The summed E-state index contributed by atoms with van der Waals surface area (Å²) in [7, 11) is 4.33. The molecule has 284 valence electrons. The van der Waals surface area contributed by atoms with Crippen molar-refractivity contribution in [2.45, 2.75) is 90.5 Å². The maximum Gasteiger partial charge on any atom is 0.263 e. The normalized spacial score (nSPS) is 26.9. The number of aromatic nitrogens is 1. The molecule has 0 radical (unpaired) electrons. The average molecular weight is 753 g/mol. The Balaban J connectivity index is 0.000000407. The summed E-state index contributed by atoms with van der Waals surface area (Å²) in [5.74, 6) is 3.32. The summed E-state index contributed by atoms with van der Waals surface area (Å²) < 4.78 is 33.6. The van der Waals surface area contributed by atoms with Crippen molar-refractivity contribution < 1.29 is 22.9 Å². The van der Waals surface area contributed by atoms with Crippen LogP contribution in [0.1, 0.15) is 91.2 Å². The van der Waals surface area contributed by atoms with Crippen molar-refractivity contribution in [1.29, 1.82) is 0 Å². The van der Waals surface area contributed by atoms with Gasteiger partial charge < -0.3 is 23.7 Å². The number of anilines is 1. The first-order valence-electron chi connectivity index (χ1n) is 18.7. The van der Waals surface area contributed by atoms with Gasteiger partial charge in [0.2, 0.25) is 0 Å². The third-order valence-electron chi connectivity index (χ3n) is 10.8. The third kappa shape index (κ3) is 9.87. The number of hydrogen-bond donors (Lipinski definition) is 1. The van der Waals surface area contributed by atoms with Crippen LogP contribution in [0.4, 0.5) is 5.69 Å². The Morgan fingerprint density at radius 1 is 1.12 bits per heavy atom. The van der Waals surface area contributed by atoms with Crippen LogP contribution in [0.15, 0.2) is 53.0 Å². The van der Waals surface area contributed by atoms with E-state index in [0.717, 1.165) is 85.5 Å². The number of oxazole rings is 1. The van der Waals surface area contributed by atoms with Gasteiger partial charge in [0.1, 0.15) is 22.5 Å². The van der Waals surface area contributed by atoms with E-state index in [-0.39, 0.29) is 29.1 Å². The molecule has 2 aliphatic heterocycles. The number of allylic oxidation sites excluding steroid dienone is 1. The molecule has 7 atom stereocenters. The predicted octanol–water partition coefficient (Wildman–Crippen LogP) is 8.05. The first-order chi connectivity index (χ1) is 24.9. The highest BCUT2D eigenvalue weighted by Crippen LogP contribution is 2.43. The van der Waals surface area contributed by atoms with Gasteiger partial charge in [-0.3, -0.25) is 9.52 Å². The standard InChI is InChI=1S/C33H43ClN2O4S.C8H14N2O/c1-5-7-23-16-27(34)12-14-28(23)26-19-36-18-25-10-13-29(25)31(39-4)9-6-8-21(2)22(3)41(38)35-33(37)24-11-15-32(40-20-26)30(36)17-24;1-6-8(5-10(3)4)9-7(2)11-6/h6,9,11-12,14-17,21-22,25-26,29,31H,5,7-8,10,13,18-20H2,1-4H3,(H,35,37);5H2,1-4H3/b9-6+;. The number of carbonyl (C=O) groups is 1. The van der Waals surface area contributed by atoms with Crippen LogP contribution in [0.5, 0.6) is 5.75 Å². The fourth-order valence-electron chi connectivity index (χ4n) is 7.48. The number of aryl methyl sites for hydroxylation is 3. The van der Waals surface area contributed by atoms with Gasteiger partial charge in [-0.2, -0.15) is 0 Å². The van der Waals surface area contributed by atoms with E-state index in [1.165, 1.54) is 11.1 Å². The second kappa shape index (κ2) is 18.2. The van der Waals surface area contributed by atoms with Gasteiger partial charge in [-0.15, -0.1) is 0 Å². The minimum Gasteiger partial charge on any atom is -0.491 e. The van der Waals surface area contributed by atoms with E-state index in [0.29, 0.717) is 24.0 Å². The molecule has 3 aliphatic rings. The molecular formula is C41H57ClN4O5S. The van der Waals surface area contributed by atoms with Crippen molar-refractivity contribution in [1.82, 2.24) is 14.6 Å². The molecule has 7 unspecified atom stereocenters. The number of rotatable bonds is 6. The molecule has 3 aromatic rings. The molecule has 9 nitrogen and oxygen atoms in total. The molecule has 52 heavy (non-hydrogen) atoms. The average Bonchev–Trinajstić information content (AvgIpc) is 3.29. The van der Waals surface area contributed by atoms with Gasteiger partial charge in [0, 0.05) is 50.2 Å². The zero-order valence-electron chi connectivity index (χ0n) is 32.1. The molecule has 3 heterocycles. The van der Waals surface area contributed by atoms with Crippen LogP contribution < -0.4 is 14.4 Å². The summed E-state index contributed by atoms with van der Waals surface area (Å²) >= 11 is 6.40. The molecule has 1 fully saturated rings. The molecular weight excluding hydrogens is 696 g/mol. The molecule has 2 bridgehead atoms. The van der Waals surface area contributed by atoms with Gasteiger partial charge in [-0.1, -0.05) is 50.1 Å². The van der Waals surface area contributed by atoms with Crippen molar-refractivity contribution in [3.63, 3.8) is 0 Å². The lowest BCUT2D eigenvalue weighted by atomic mass is 9.70. The Bertz CT molecular complexity index is 1730. The van der Waals surface area contributed by atoms with E-state index in [9.17, 15) is 9.00 Å². The summed E-state index contributed by atoms with van der Waals surface area (Å²) in [6, 6.07) is 11.8. The molecule has 11 heteroatoms. The highest BCUT2D eigenvalue weighted by atomic mass is 35.5. The maximum atomic E-state index is 13.3. The van der Waals surface area contributed by atoms with Crippen LogP contribution >= 0.6 is 11.6 Å². The number of carbonyl (C=O) groups excluding carboxylic acids is 1. The summed E-state index contributed by atoms with van der Waals surface area (Å²) in [6.07, 6.45) is 9.47.